The maximum atomic E-state index is 13.0. The lowest BCUT2D eigenvalue weighted by atomic mass is 9.97. The van der Waals surface area contributed by atoms with Crippen molar-refractivity contribution < 1.29 is 27.8 Å². The molecule has 1 aromatic heterocycles. The van der Waals surface area contributed by atoms with E-state index in [0.29, 0.717) is 0 Å². The highest BCUT2D eigenvalue weighted by Crippen LogP contribution is 2.38. The number of carboxylic acids is 1. The summed E-state index contributed by atoms with van der Waals surface area (Å²) in [5.41, 5.74) is -1.58. The van der Waals surface area contributed by atoms with Crippen molar-refractivity contribution in [2.75, 3.05) is 7.11 Å². The van der Waals surface area contributed by atoms with Crippen molar-refractivity contribution in [1.29, 1.82) is 0 Å². The van der Waals surface area contributed by atoms with Gasteiger partial charge < -0.3 is 9.84 Å². The fourth-order valence-corrected chi connectivity index (χ4v) is 1.90. The molecule has 21 heavy (non-hydrogen) atoms. The lowest BCUT2D eigenvalue weighted by Crippen LogP contribution is -2.09. The van der Waals surface area contributed by atoms with Gasteiger partial charge in [0.2, 0.25) is 5.88 Å². The van der Waals surface area contributed by atoms with Gasteiger partial charge in [0.1, 0.15) is 0 Å². The number of halogens is 3. The molecule has 2 rings (SSSR count). The highest BCUT2D eigenvalue weighted by molar-refractivity contribution is 5.96. The second-order valence-corrected chi connectivity index (χ2v) is 4.12. The van der Waals surface area contributed by atoms with Crippen LogP contribution >= 0.6 is 0 Å². The largest absolute Gasteiger partial charge is 0.481 e. The van der Waals surface area contributed by atoms with Gasteiger partial charge in [0, 0.05) is 17.8 Å². The van der Waals surface area contributed by atoms with Crippen molar-refractivity contribution >= 4 is 5.97 Å². The molecule has 0 aliphatic rings. The second-order valence-electron chi connectivity index (χ2n) is 4.12. The third kappa shape index (κ3) is 2.96. The number of pyridine rings is 1. The molecule has 0 radical (unpaired) electrons. The Kier molecular flexibility index (Phi) is 3.84. The molecule has 7 heteroatoms. The van der Waals surface area contributed by atoms with Gasteiger partial charge in [0.05, 0.1) is 18.2 Å². The number of aromatic carboxylic acids is 1. The molecule has 0 fully saturated rings. The van der Waals surface area contributed by atoms with Crippen LogP contribution < -0.4 is 4.74 Å². The fraction of sp³-hybridized carbons (Fsp3) is 0.143. The van der Waals surface area contributed by atoms with Gasteiger partial charge in [-0.3, -0.25) is 0 Å². The number of aromatic nitrogens is 1. The zero-order chi connectivity index (χ0) is 15.6. The number of alkyl halides is 3. The lowest BCUT2D eigenvalue weighted by molar-refractivity contribution is -0.137. The molecule has 0 aliphatic carbocycles. The van der Waals surface area contributed by atoms with Crippen molar-refractivity contribution in [3.8, 4) is 17.0 Å². The number of nitrogens with zero attached hydrogens (tertiary/aromatic N) is 1. The van der Waals surface area contributed by atoms with Crippen LogP contribution in [0.1, 0.15) is 15.9 Å². The molecule has 0 atom stereocenters. The predicted molar refractivity (Wildman–Crippen MR) is 68.2 cm³/mol. The molecule has 0 amide bonds. The minimum Gasteiger partial charge on any atom is -0.481 e. The van der Waals surface area contributed by atoms with E-state index in [2.05, 4.69) is 4.98 Å². The lowest BCUT2D eigenvalue weighted by Gasteiger charge is -2.14. The third-order valence-corrected chi connectivity index (χ3v) is 2.84. The van der Waals surface area contributed by atoms with E-state index in [1.807, 2.05) is 0 Å². The van der Waals surface area contributed by atoms with E-state index in [9.17, 15) is 23.1 Å². The second kappa shape index (κ2) is 5.43. The van der Waals surface area contributed by atoms with Gasteiger partial charge >= 0.3 is 12.1 Å². The van der Waals surface area contributed by atoms with E-state index in [1.165, 1.54) is 25.3 Å². The summed E-state index contributed by atoms with van der Waals surface area (Å²) in [6.45, 7) is 0. The fourth-order valence-electron chi connectivity index (χ4n) is 1.90. The molecule has 4 nitrogen and oxygen atoms in total. The molecule has 0 saturated heterocycles. The van der Waals surface area contributed by atoms with E-state index in [0.717, 1.165) is 18.3 Å². The summed E-state index contributed by atoms with van der Waals surface area (Å²) < 4.78 is 43.9. The normalized spacial score (nSPS) is 11.2. The average molecular weight is 297 g/mol. The minimum atomic E-state index is -4.59. The van der Waals surface area contributed by atoms with Crippen molar-refractivity contribution in [3.63, 3.8) is 0 Å². The topological polar surface area (TPSA) is 59.4 Å². The highest BCUT2D eigenvalue weighted by Gasteiger charge is 2.34. The first-order valence-corrected chi connectivity index (χ1v) is 5.78. The number of benzene rings is 1. The van der Waals surface area contributed by atoms with E-state index >= 15 is 0 Å². The number of hydrogen-bond donors (Lipinski definition) is 1. The van der Waals surface area contributed by atoms with Crippen molar-refractivity contribution in [2.45, 2.75) is 6.18 Å². The molecule has 0 spiro atoms. The molecule has 0 unspecified atom stereocenters. The van der Waals surface area contributed by atoms with Crippen LogP contribution in [0, 0.1) is 0 Å². The maximum absolute atomic E-state index is 13.0. The van der Waals surface area contributed by atoms with Crippen molar-refractivity contribution in [1.82, 2.24) is 4.98 Å². The Morgan fingerprint density at radius 1 is 1.24 bits per heavy atom. The zero-order valence-corrected chi connectivity index (χ0v) is 10.8. The molecular weight excluding hydrogens is 287 g/mol. The van der Waals surface area contributed by atoms with Gasteiger partial charge in [0.25, 0.3) is 0 Å². The minimum absolute atomic E-state index is 0.0145. The monoisotopic (exact) mass is 297 g/mol. The molecule has 110 valence electrons. The van der Waals surface area contributed by atoms with Crippen LogP contribution in [0.4, 0.5) is 13.2 Å². The van der Waals surface area contributed by atoms with Crippen LogP contribution in [0.15, 0.2) is 36.5 Å². The van der Waals surface area contributed by atoms with Crippen LogP contribution in [0.5, 0.6) is 5.88 Å². The van der Waals surface area contributed by atoms with E-state index in [1.54, 1.807) is 0 Å². The molecule has 1 aromatic carbocycles. The van der Waals surface area contributed by atoms with Crippen molar-refractivity contribution in [3.05, 3.63) is 47.7 Å². The zero-order valence-electron chi connectivity index (χ0n) is 10.8. The first-order valence-electron chi connectivity index (χ1n) is 5.78. The van der Waals surface area contributed by atoms with E-state index < -0.39 is 17.7 Å². The third-order valence-electron chi connectivity index (χ3n) is 2.84. The first kappa shape index (κ1) is 14.8. The SMILES string of the molecule is COc1cc(C(=O)O)c(-c2ccccc2C(F)(F)F)cn1. The first-order chi connectivity index (χ1) is 9.84. The van der Waals surface area contributed by atoms with Crippen LogP contribution in [-0.4, -0.2) is 23.2 Å². The number of ether oxygens (including phenoxy) is 1. The van der Waals surface area contributed by atoms with Gasteiger partial charge in [-0.1, -0.05) is 18.2 Å². The summed E-state index contributed by atoms with van der Waals surface area (Å²) in [6.07, 6.45) is -3.53. The van der Waals surface area contributed by atoms with Crippen LogP contribution in [0.2, 0.25) is 0 Å². The van der Waals surface area contributed by atoms with Gasteiger partial charge in [0.15, 0.2) is 0 Å². The Bertz CT molecular complexity index is 683. The quantitative estimate of drug-likeness (QED) is 0.942. The molecule has 0 bridgehead atoms. The Labute approximate surface area is 117 Å². The molecule has 2 aromatic rings. The van der Waals surface area contributed by atoms with Crippen LogP contribution in [0.3, 0.4) is 0 Å². The number of carboxylic acid groups (broad SMARTS) is 1. The van der Waals surface area contributed by atoms with Crippen molar-refractivity contribution in [2.24, 2.45) is 0 Å². The summed E-state index contributed by atoms with van der Waals surface area (Å²) in [6, 6.07) is 5.83. The van der Waals surface area contributed by atoms with E-state index in [-0.39, 0.29) is 22.6 Å². The molecular formula is C14H10F3NO3. The average Bonchev–Trinajstić information content (AvgIpc) is 2.45. The van der Waals surface area contributed by atoms with E-state index in [4.69, 9.17) is 4.74 Å². The number of hydrogen-bond acceptors (Lipinski definition) is 3. The molecule has 0 aliphatic heterocycles. The maximum Gasteiger partial charge on any atom is 0.417 e. The highest BCUT2D eigenvalue weighted by atomic mass is 19.4. The van der Waals surface area contributed by atoms with Crippen LogP contribution in [0.25, 0.3) is 11.1 Å². The summed E-state index contributed by atoms with van der Waals surface area (Å²) in [7, 11) is 1.29. The Hall–Kier alpha value is -2.57. The van der Waals surface area contributed by atoms with Gasteiger partial charge in [-0.15, -0.1) is 0 Å². The number of methoxy groups -OCH3 is 1. The summed E-state index contributed by atoms with van der Waals surface area (Å²) >= 11 is 0. The number of rotatable bonds is 3. The molecule has 0 saturated carbocycles. The van der Waals surface area contributed by atoms with Crippen LogP contribution in [-0.2, 0) is 6.18 Å². The summed E-state index contributed by atoms with van der Waals surface area (Å²) in [4.78, 5) is 15.0. The Morgan fingerprint density at radius 2 is 1.90 bits per heavy atom. The summed E-state index contributed by atoms with van der Waals surface area (Å²) in [5.74, 6) is -1.34. The molecule has 1 heterocycles. The predicted octanol–water partition coefficient (Wildman–Crippen LogP) is 3.47. The Morgan fingerprint density at radius 3 is 2.48 bits per heavy atom. The van der Waals surface area contributed by atoms with Gasteiger partial charge in [-0.25, -0.2) is 9.78 Å². The van der Waals surface area contributed by atoms with Gasteiger partial charge in [-0.2, -0.15) is 13.2 Å². The van der Waals surface area contributed by atoms with Gasteiger partial charge in [-0.05, 0) is 11.6 Å². The Balaban J connectivity index is 2.71. The number of carbonyl (C=O) groups is 1. The smallest absolute Gasteiger partial charge is 0.417 e. The molecule has 1 N–H and O–H groups in total. The summed E-state index contributed by atoms with van der Waals surface area (Å²) in [5, 5.41) is 9.18. The standard InChI is InChI=1S/C14H10F3NO3/c1-21-12-6-9(13(19)20)10(7-18-12)8-4-2-3-5-11(8)14(15,16)17/h2-7H,1H3,(H,19,20).